The molecule has 0 bridgehead atoms. The Morgan fingerprint density at radius 2 is 2.00 bits per heavy atom. The molecular weight excluding hydrogens is 216 g/mol. The van der Waals surface area contributed by atoms with Crippen molar-refractivity contribution >= 4 is 5.97 Å². The summed E-state index contributed by atoms with van der Waals surface area (Å²) in [6.07, 6.45) is 5.39. The Morgan fingerprint density at radius 3 is 2.65 bits per heavy atom. The first kappa shape index (κ1) is 13.3. The van der Waals surface area contributed by atoms with Crippen molar-refractivity contribution in [2.24, 2.45) is 0 Å². The lowest BCUT2D eigenvalue weighted by Gasteiger charge is -2.02. The van der Waals surface area contributed by atoms with Gasteiger partial charge in [-0.25, -0.2) is 4.79 Å². The van der Waals surface area contributed by atoms with Crippen LogP contribution >= 0.6 is 0 Å². The van der Waals surface area contributed by atoms with Crippen molar-refractivity contribution in [1.82, 2.24) is 0 Å². The van der Waals surface area contributed by atoms with Crippen molar-refractivity contribution in [1.29, 1.82) is 0 Å². The lowest BCUT2D eigenvalue weighted by atomic mass is 10.2. The number of allylic oxidation sites excluding steroid dienone is 1. The Bertz CT molecular complexity index is 368. The highest BCUT2D eigenvalue weighted by molar-refractivity contribution is 5.87. The maximum atomic E-state index is 11.4. The van der Waals surface area contributed by atoms with E-state index in [1.165, 1.54) is 6.08 Å². The lowest BCUT2D eigenvalue weighted by molar-refractivity contribution is -0.133. The van der Waals surface area contributed by atoms with Gasteiger partial charge in [-0.05, 0) is 31.1 Å². The van der Waals surface area contributed by atoms with Gasteiger partial charge in [0.1, 0.15) is 5.75 Å². The summed E-state index contributed by atoms with van der Waals surface area (Å²) < 4.78 is 4.98. The van der Waals surface area contributed by atoms with E-state index in [0.717, 1.165) is 19.3 Å². The van der Waals surface area contributed by atoms with Crippen molar-refractivity contribution in [2.75, 3.05) is 0 Å². The number of benzene rings is 1. The van der Waals surface area contributed by atoms with Crippen LogP contribution in [-0.2, 0) is 4.79 Å². The molecule has 0 atom stereocenters. The molecule has 92 valence electrons. The standard InChI is InChI=1S/C14H18O3/c1-2-3-4-8-11-13(15)14(16)17-12-9-6-5-7-10-12/h5-7,9-11,15H,2-4,8H2,1H3. The van der Waals surface area contributed by atoms with Crippen molar-refractivity contribution in [3.63, 3.8) is 0 Å². The number of esters is 1. The summed E-state index contributed by atoms with van der Waals surface area (Å²) in [5.74, 6) is -0.580. The summed E-state index contributed by atoms with van der Waals surface area (Å²) in [5.41, 5.74) is 0. The molecule has 0 aliphatic carbocycles. The second-order valence-corrected chi connectivity index (χ2v) is 3.79. The maximum Gasteiger partial charge on any atom is 0.378 e. The van der Waals surface area contributed by atoms with Crippen LogP contribution in [0.15, 0.2) is 42.2 Å². The summed E-state index contributed by atoms with van der Waals surface area (Å²) in [4.78, 5) is 11.4. The van der Waals surface area contributed by atoms with Crippen LogP contribution in [0.2, 0.25) is 0 Å². The van der Waals surface area contributed by atoms with Gasteiger partial charge < -0.3 is 9.84 Å². The molecule has 0 saturated carbocycles. The van der Waals surface area contributed by atoms with E-state index in [-0.39, 0.29) is 5.76 Å². The summed E-state index contributed by atoms with van der Waals surface area (Å²) in [5, 5.41) is 9.46. The van der Waals surface area contributed by atoms with Crippen LogP contribution < -0.4 is 4.74 Å². The number of unbranched alkanes of at least 4 members (excludes halogenated alkanes) is 3. The molecule has 0 saturated heterocycles. The van der Waals surface area contributed by atoms with Gasteiger partial charge in [0.15, 0.2) is 5.76 Å². The van der Waals surface area contributed by atoms with E-state index in [9.17, 15) is 9.90 Å². The fourth-order valence-electron chi connectivity index (χ4n) is 1.36. The Kier molecular flexibility index (Phi) is 5.86. The van der Waals surface area contributed by atoms with Crippen molar-refractivity contribution in [2.45, 2.75) is 32.6 Å². The summed E-state index contributed by atoms with van der Waals surface area (Å²) in [7, 11) is 0. The third-order valence-electron chi connectivity index (χ3n) is 2.31. The van der Waals surface area contributed by atoms with Gasteiger partial charge >= 0.3 is 5.97 Å². The van der Waals surface area contributed by atoms with Gasteiger partial charge in [0.2, 0.25) is 0 Å². The molecule has 1 aromatic rings. The van der Waals surface area contributed by atoms with Gasteiger partial charge in [0, 0.05) is 0 Å². The Hall–Kier alpha value is -1.77. The first-order valence-electron chi connectivity index (χ1n) is 5.90. The van der Waals surface area contributed by atoms with Crippen LogP contribution in [-0.4, -0.2) is 11.1 Å². The molecule has 0 spiro atoms. The largest absolute Gasteiger partial charge is 0.502 e. The van der Waals surface area contributed by atoms with Crippen molar-refractivity contribution in [3.05, 3.63) is 42.2 Å². The summed E-state index contributed by atoms with van der Waals surface area (Å²) >= 11 is 0. The first-order chi connectivity index (χ1) is 8.24. The fourth-order valence-corrected chi connectivity index (χ4v) is 1.36. The predicted octanol–water partition coefficient (Wildman–Crippen LogP) is 3.61. The molecular formula is C14H18O3. The van der Waals surface area contributed by atoms with Gasteiger partial charge in [0.25, 0.3) is 0 Å². The van der Waals surface area contributed by atoms with Crippen LogP contribution in [0.3, 0.4) is 0 Å². The normalized spacial score (nSPS) is 11.2. The lowest BCUT2D eigenvalue weighted by Crippen LogP contribution is -2.10. The van der Waals surface area contributed by atoms with E-state index in [0.29, 0.717) is 12.2 Å². The van der Waals surface area contributed by atoms with Gasteiger partial charge in [-0.3, -0.25) is 0 Å². The molecule has 0 aromatic heterocycles. The monoisotopic (exact) mass is 234 g/mol. The molecule has 0 unspecified atom stereocenters. The van der Waals surface area contributed by atoms with Crippen molar-refractivity contribution in [3.8, 4) is 5.75 Å². The Balaban J connectivity index is 2.41. The van der Waals surface area contributed by atoms with Crippen LogP contribution in [0.1, 0.15) is 32.6 Å². The third kappa shape index (κ3) is 5.20. The van der Waals surface area contributed by atoms with Crippen molar-refractivity contribution < 1.29 is 14.6 Å². The molecule has 1 aromatic carbocycles. The highest BCUT2D eigenvalue weighted by Gasteiger charge is 2.09. The molecule has 1 rings (SSSR count). The highest BCUT2D eigenvalue weighted by Crippen LogP contribution is 2.10. The Morgan fingerprint density at radius 1 is 1.29 bits per heavy atom. The zero-order valence-corrected chi connectivity index (χ0v) is 10.1. The van der Waals surface area contributed by atoms with E-state index in [1.54, 1.807) is 24.3 Å². The Labute approximate surface area is 102 Å². The molecule has 0 radical (unpaired) electrons. The number of rotatable bonds is 6. The number of aliphatic hydroxyl groups is 1. The second-order valence-electron chi connectivity index (χ2n) is 3.79. The number of carbonyl (C=O) groups is 1. The number of aliphatic hydroxyl groups excluding tert-OH is 1. The molecule has 3 heteroatoms. The first-order valence-corrected chi connectivity index (χ1v) is 5.90. The molecule has 0 heterocycles. The van der Waals surface area contributed by atoms with E-state index < -0.39 is 5.97 Å². The predicted molar refractivity (Wildman–Crippen MR) is 66.9 cm³/mol. The van der Waals surface area contributed by atoms with Crippen LogP contribution in [0.4, 0.5) is 0 Å². The van der Waals surface area contributed by atoms with E-state index in [2.05, 4.69) is 6.92 Å². The quantitative estimate of drug-likeness (QED) is 0.269. The minimum atomic E-state index is -0.701. The van der Waals surface area contributed by atoms with Crippen LogP contribution in [0, 0.1) is 0 Å². The number of ether oxygens (including phenoxy) is 1. The average Bonchev–Trinajstić information content (AvgIpc) is 2.35. The molecule has 3 nitrogen and oxygen atoms in total. The fraction of sp³-hybridized carbons (Fsp3) is 0.357. The number of hydrogen-bond donors (Lipinski definition) is 1. The van der Waals surface area contributed by atoms with Gasteiger partial charge in [-0.1, -0.05) is 38.0 Å². The summed E-state index contributed by atoms with van der Waals surface area (Å²) in [6.45, 7) is 2.10. The van der Waals surface area contributed by atoms with Gasteiger partial charge in [0.05, 0.1) is 0 Å². The molecule has 0 fully saturated rings. The molecule has 17 heavy (non-hydrogen) atoms. The SMILES string of the molecule is CCCCCC=C(O)C(=O)Oc1ccccc1. The molecule has 0 aliphatic heterocycles. The van der Waals surface area contributed by atoms with E-state index in [4.69, 9.17) is 4.74 Å². The highest BCUT2D eigenvalue weighted by atomic mass is 16.5. The molecule has 0 aliphatic rings. The summed E-state index contributed by atoms with van der Waals surface area (Å²) in [6, 6.07) is 8.71. The molecule has 1 N–H and O–H groups in total. The zero-order valence-electron chi connectivity index (χ0n) is 10.1. The number of para-hydroxylation sites is 1. The average molecular weight is 234 g/mol. The third-order valence-corrected chi connectivity index (χ3v) is 2.31. The topological polar surface area (TPSA) is 46.5 Å². The molecule has 0 amide bonds. The smallest absolute Gasteiger partial charge is 0.378 e. The van der Waals surface area contributed by atoms with Gasteiger partial charge in [-0.2, -0.15) is 0 Å². The van der Waals surface area contributed by atoms with Crippen LogP contribution in [0.5, 0.6) is 5.75 Å². The zero-order chi connectivity index (χ0) is 12.5. The van der Waals surface area contributed by atoms with E-state index in [1.807, 2.05) is 6.07 Å². The maximum absolute atomic E-state index is 11.4. The second kappa shape index (κ2) is 7.49. The van der Waals surface area contributed by atoms with E-state index >= 15 is 0 Å². The minimum Gasteiger partial charge on any atom is -0.502 e. The van der Waals surface area contributed by atoms with Crippen LogP contribution in [0.25, 0.3) is 0 Å². The number of carbonyl (C=O) groups excluding carboxylic acids is 1. The number of hydrogen-bond acceptors (Lipinski definition) is 3. The van der Waals surface area contributed by atoms with Gasteiger partial charge in [-0.15, -0.1) is 0 Å². The minimum absolute atomic E-state index is 0.315.